The Morgan fingerprint density at radius 3 is 2.58 bits per heavy atom. The molecule has 3 aromatic rings. The number of halogens is 3. The molecule has 0 radical (unpaired) electrons. The molecule has 1 saturated heterocycles. The fraction of sp³-hybridized carbons (Fsp3) is 0.375. The summed E-state index contributed by atoms with van der Waals surface area (Å²) in [4.78, 5) is 68.7. The number of anilines is 1. The molecule has 0 spiro atoms. The average molecular weight is 732 g/mol. The van der Waals surface area contributed by atoms with Gasteiger partial charge in [0.15, 0.2) is 10.8 Å². The van der Waals surface area contributed by atoms with Gasteiger partial charge in [0, 0.05) is 16.9 Å². The van der Waals surface area contributed by atoms with Crippen LogP contribution in [0.2, 0.25) is 0 Å². The number of aliphatic carboxylic acids is 1. The lowest BCUT2D eigenvalue weighted by Gasteiger charge is -2.49. The summed E-state index contributed by atoms with van der Waals surface area (Å²) in [6.45, 7) is 1.99. The van der Waals surface area contributed by atoms with Crippen molar-refractivity contribution in [1.82, 2.24) is 40.2 Å². The number of nitrogens with zero attached hydrogens (tertiary/aromatic N) is 7. The second-order valence-corrected chi connectivity index (χ2v) is 13.4. The van der Waals surface area contributed by atoms with Crippen LogP contribution < -0.4 is 22.3 Å². The fourth-order valence-corrected chi connectivity index (χ4v) is 7.30. The molecule has 18 nitrogen and oxygen atoms in total. The summed E-state index contributed by atoms with van der Waals surface area (Å²) in [6.07, 6.45) is -4.84. The Bertz CT molecular complexity index is 1880. The summed E-state index contributed by atoms with van der Waals surface area (Å²) >= 11 is 3.10. The minimum Gasteiger partial charge on any atom is -0.477 e. The van der Waals surface area contributed by atoms with Gasteiger partial charge in [-0.3, -0.25) is 24.7 Å². The van der Waals surface area contributed by atoms with Crippen LogP contribution in [0.5, 0.6) is 0 Å². The van der Waals surface area contributed by atoms with Crippen molar-refractivity contribution < 1.29 is 47.4 Å². The maximum absolute atomic E-state index is 13.3. The number of nitrogens with two attached hydrogens (primary N) is 2. The third-order valence-corrected chi connectivity index (χ3v) is 9.74. The van der Waals surface area contributed by atoms with Gasteiger partial charge >= 0.3 is 12.1 Å². The number of carbonyl (C=O) groups excluding carboxylic acids is 3. The van der Waals surface area contributed by atoms with Gasteiger partial charge in [-0.05, 0) is 25.5 Å². The van der Waals surface area contributed by atoms with Gasteiger partial charge < -0.3 is 26.1 Å². The molecular formula is C24H24F3N11O7S3. The molecule has 2 aliphatic heterocycles. The number of thioether (sulfide) groups is 2. The highest BCUT2D eigenvalue weighted by atomic mass is 32.2. The molecule has 8 N–H and O–H groups in total. The normalized spacial score (nSPS) is 18.4. The highest BCUT2D eigenvalue weighted by Crippen LogP contribution is 2.41. The van der Waals surface area contributed by atoms with Gasteiger partial charge in [0.05, 0.1) is 12.3 Å². The number of carbonyl (C=O) groups is 4. The minimum absolute atomic E-state index is 0.0128. The minimum atomic E-state index is -4.84. The summed E-state index contributed by atoms with van der Waals surface area (Å²) in [5.41, 5.74) is 5.51. The van der Waals surface area contributed by atoms with Gasteiger partial charge in [-0.15, -0.1) is 40.0 Å². The van der Waals surface area contributed by atoms with Gasteiger partial charge in [-0.1, -0.05) is 5.16 Å². The summed E-state index contributed by atoms with van der Waals surface area (Å²) < 4.78 is 40.1. The van der Waals surface area contributed by atoms with Crippen molar-refractivity contribution in [2.45, 2.75) is 48.7 Å². The zero-order chi connectivity index (χ0) is 35.1. The number of hydrazine groups is 1. The van der Waals surface area contributed by atoms with E-state index in [0.29, 0.717) is 5.57 Å². The second-order valence-electron chi connectivity index (χ2n) is 10.4. The SMILES string of the molecule is CC(C)(ON=C(C(=O)NC1C(=O)N2C(C(=O)O)=C(CSc3cc(CO)n4nc(C(F)(F)F)nc4n3)CS[C@@H]12)c1csc(N)n1)C(=O)NN. The molecule has 0 saturated carbocycles. The van der Waals surface area contributed by atoms with Crippen LogP contribution in [0.25, 0.3) is 5.78 Å². The summed E-state index contributed by atoms with van der Waals surface area (Å²) in [5, 5.41) is 30.2. The number of thiazole rings is 1. The topological polar surface area (TPSA) is 266 Å². The zero-order valence-electron chi connectivity index (χ0n) is 24.5. The number of β-lactam (4-membered cyclic amide) rings is 1. The Morgan fingerprint density at radius 2 is 1.98 bits per heavy atom. The molecule has 48 heavy (non-hydrogen) atoms. The first kappa shape index (κ1) is 34.8. The maximum Gasteiger partial charge on any atom is 0.453 e. The summed E-state index contributed by atoms with van der Waals surface area (Å²) in [5.74, 6) is -0.480. The average Bonchev–Trinajstić information content (AvgIpc) is 3.67. The Balaban J connectivity index is 1.34. The van der Waals surface area contributed by atoms with Gasteiger partial charge in [-0.25, -0.2) is 20.6 Å². The quantitative estimate of drug-likeness (QED) is 0.0281. The number of hydrogen-bond acceptors (Lipinski definition) is 16. The van der Waals surface area contributed by atoms with E-state index in [9.17, 15) is 42.6 Å². The van der Waals surface area contributed by atoms with Crippen molar-refractivity contribution >= 4 is 75.2 Å². The molecule has 5 rings (SSSR count). The number of nitrogen functional groups attached to an aromatic ring is 1. The predicted molar refractivity (Wildman–Crippen MR) is 163 cm³/mol. The molecule has 0 bridgehead atoms. The third kappa shape index (κ3) is 6.73. The first-order valence-corrected chi connectivity index (χ1v) is 16.2. The van der Waals surface area contributed by atoms with Crippen molar-refractivity contribution in [3.05, 3.63) is 39.9 Å². The van der Waals surface area contributed by atoms with E-state index in [-0.39, 0.29) is 38.7 Å². The molecule has 5 heterocycles. The molecule has 24 heteroatoms. The van der Waals surface area contributed by atoms with Crippen molar-refractivity contribution in [1.29, 1.82) is 0 Å². The predicted octanol–water partition coefficient (Wildman–Crippen LogP) is -0.306. The van der Waals surface area contributed by atoms with E-state index in [1.807, 2.05) is 5.43 Å². The molecule has 1 fully saturated rings. The van der Waals surface area contributed by atoms with E-state index in [1.54, 1.807) is 0 Å². The zero-order valence-corrected chi connectivity index (χ0v) is 27.0. The lowest BCUT2D eigenvalue weighted by Crippen LogP contribution is -2.71. The molecule has 0 aromatic carbocycles. The number of carboxylic acid groups (broad SMARTS) is 1. The third-order valence-electron chi connectivity index (χ3n) is 6.73. The number of oxime groups is 1. The number of nitrogens with one attached hydrogen (secondary N) is 2. The molecule has 2 aliphatic rings. The second kappa shape index (κ2) is 13.2. The molecular weight excluding hydrogens is 708 g/mol. The highest BCUT2D eigenvalue weighted by Gasteiger charge is 2.54. The molecule has 0 aliphatic carbocycles. The largest absolute Gasteiger partial charge is 0.477 e. The van der Waals surface area contributed by atoms with Crippen LogP contribution >= 0.6 is 34.9 Å². The number of amides is 3. The van der Waals surface area contributed by atoms with Crippen LogP contribution in [0.3, 0.4) is 0 Å². The Morgan fingerprint density at radius 1 is 1.25 bits per heavy atom. The highest BCUT2D eigenvalue weighted by molar-refractivity contribution is 8.01. The number of alkyl halides is 3. The van der Waals surface area contributed by atoms with E-state index in [4.69, 9.17) is 16.4 Å². The summed E-state index contributed by atoms with van der Waals surface area (Å²) in [7, 11) is 0. The molecule has 2 atom stereocenters. The molecule has 3 aromatic heterocycles. The van der Waals surface area contributed by atoms with Gasteiger partial charge in [0.2, 0.25) is 5.60 Å². The van der Waals surface area contributed by atoms with Crippen LogP contribution in [-0.2, 0) is 36.8 Å². The van der Waals surface area contributed by atoms with Crippen molar-refractivity contribution in [3.63, 3.8) is 0 Å². The standard InChI is InChI=1S/C24H24F3N11O7S3/c1-23(2,20(44)34-29)45-36-12(10-7-48-21(28)30-10)15(40)32-13-16(41)37-14(18(42)43)8(6-47-17(13)37)5-46-11-3-9(4-39)38-22(31-11)33-19(35-38)24(25,26)27/h3,7,13,17,39H,4-6,29H2,1-2H3,(H2,28,30)(H,32,40)(H,34,44)(H,42,43)/t13?,17-/m0/s1. The van der Waals surface area contributed by atoms with Crippen LogP contribution in [0.15, 0.2) is 32.9 Å². The van der Waals surface area contributed by atoms with Crippen LogP contribution in [0, 0.1) is 0 Å². The lowest BCUT2D eigenvalue weighted by atomic mass is 10.0. The monoisotopic (exact) mass is 731 g/mol. The van der Waals surface area contributed by atoms with Gasteiger partial charge in [-0.2, -0.15) is 22.7 Å². The number of aliphatic hydroxyl groups excluding tert-OH is 1. The first-order valence-electron chi connectivity index (χ1n) is 13.3. The first-order chi connectivity index (χ1) is 22.5. The Kier molecular flexibility index (Phi) is 9.55. The molecule has 1 unspecified atom stereocenters. The van der Waals surface area contributed by atoms with E-state index in [0.717, 1.165) is 44.3 Å². The van der Waals surface area contributed by atoms with E-state index < -0.39 is 70.8 Å². The van der Waals surface area contributed by atoms with Gasteiger partial charge in [0.1, 0.15) is 27.8 Å². The van der Waals surface area contributed by atoms with Crippen LogP contribution in [0.1, 0.15) is 31.1 Å². The molecule has 3 amide bonds. The van der Waals surface area contributed by atoms with Crippen molar-refractivity contribution in [2.75, 3.05) is 17.2 Å². The number of aromatic nitrogens is 5. The van der Waals surface area contributed by atoms with E-state index >= 15 is 0 Å². The Labute approximate surface area is 279 Å². The van der Waals surface area contributed by atoms with Gasteiger partial charge in [0.25, 0.3) is 29.3 Å². The number of carboxylic acids is 1. The van der Waals surface area contributed by atoms with E-state index in [1.165, 1.54) is 25.3 Å². The van der Waals surface area contributed by atoms with E-state index in [2.05, 4.69) is 30.5 Å². The number of aliphatic hydroxyl groups is 1. The number of fused-ring (bicyclic) bond motifs is 2. The maximum atomic E-state index is 13.3. The lowest BCUT2D eigenvalue weighted by molar-refractivity contribution is -0.150. The van der Waals surface area contributed by atoms with Crippen LogP contribution in [0.4, 0.5) is 18.3 Å². The number of hydrogen-bond donors (Lipinski definition) is 6. The molecule has 256 valence electrons. The van der Waals surface area contributed by atoms with Crippen molar-refractivity contribution in [3.8, 4) is 0 Å². The van der Waals surface area contributed by atoms with Crippen LogP contribution in [-0.4, -0.2) is 97.6 Å². The van der Waals surface area contributed by atoms with Crippen molar-refractivity contribution in [2.24, 2.45) is 11.0 Å². The summed E-state index contributed by atoms with van der Waals surface area (Å²) in [6, 6.07) is 0.106. The Hall–Kier alpha value is -4.52. The fourth-order valence-electron chi connectivity index (χ4n) is 4.35. The number of rotatable bonds is 11. The smallest absolute Gasteiger partial charge is 0.453 e.